The minimum Gasteiger partial charge on any atom is -0.256 e. The number of halogens is 1. The minimum absolute atomic E-state index is 0.0517. The largest absolute Gasteiger partial charge is 0.256 e. The molecule has 1 aromatic carbocycles. The van der Waals surface area contributed by atoms with Crippen molar-refractivity contribution >= 4 is 27.3 Å². The summed E-state index contributed by atoms with van der Waals surface area (Å²) in [6.07, 6.45) is 2.05. The SMILES string of the molecule is CCC1=Nc2ccccc2CC1(C)Br. The molecule has 0 bridgehead atoms. The molecule has 1 unspecified atom stereocenters. The van der Waals surface area contributed by atoms with Gasteiger partial charge < -0.3 is 0 Å². The van der Waals surface area contributed by atoms with Crippen LogP contribution in [0, 0.1) is 0 Å². The molecule has 1 atom stereocenters. The summed E-state index contributed by atoms with van der Waals surface area (Å²) in [5.74, 6) is 0. The molecule has 0 N–H and O–H groups in total. The number of alkyl halides is 1. The van der Waals surface area contributed by atoms with Gasteiger partial charge in [-0.05, 0) is 31.4 Å². The summed E-state index contributed by atoms with van der Waals surface area (Å²) in [6.45, 7) is 4.36. The maximum atomic E-state index is 4.69. The molecule has 0 aromatic heterocycles. The normalized spacial score (nSPS) is 25.5. The molecule has 2 heteroatoms. The zero-order chi connectivity index (χ0) is 10.2. The molecule has 1 aromatic rings. The molecule has 0 radical (unpaired) electrons. The zero-order valence-corrected chi connectivity index (χ0v) is 10.1. The Balaban J connectivity index is 2.50. The van der Waals surface area contributed by atoms with Crippen LogP contribution >= 0.6 is 15.9 Å². The highest BCUT2D eigenvalue weighted by atomic mass is 79.9. The molecule has 14 heavy (non-hydrogen) atoms. The van der Waals surface area contributed by atoms with Gasteiger partial charge in [-0.25, -0.2) is 0 Å². The highest BCUT2D eigenvalue weighted by Crippen LogP contribution is 2.36. The van der Waals surface area contributed by atoms with Crippen molar-refractivity contribution in [3.05, 3.63) is 29.8 Å². The Bertz CT molecular complexity index is 380. The maximum Gasteiger partial charge on any atom is 0.0662 e. The summed E-state index contributed by atoms with van der Waals surface area (Å²) >= 11 is 3.76. The quantitative estimate of drug-likeness (QED) is 0.672. The standard InChI is InChI=1S/C12H14BrN/c1-3-11-12(2,13)8-9-6-4-5-7-10(9)14-11/h4-7H,3,8H2,1-2H3. The molecule has 0 amide bonds. The van der Waals surface area contributed by atoms with Crippen LogP contribution < -0.4 is 0 Å². The van der Waals surface area contributed by atoms with Gasteiger partial charge in [0.25, 0.3) is 0 Å². The van der Waals surface area contributed by atoms with E-state index in [1.54, 1.807) is 0 Å². The average Bonchev–Trinajstić information content (AvgIpc) is 2.15. The highest BCUT2D eigenvalue weighted by molar-refractivity contribution is 9.10. The lowest BCUT2D eigenvalue weighted by molar-refractivity contribution is 0.806. The number of hydrogen-bond acceptors (Lipinski definition) is 1. The molecule has 74 valence electrons. The Morgan fingerprint density at radius 3 is 2.86 bits per heavy atom. The maximum absolute atomic E-state index is 4.69. The van der Waals surface area contributed by atoms with Crippen molar-refractivity contribution in [3.63, 3.8) is 0 Å². The van der Waals surface area contributed by atoms with E-state index in [0.29, 0.717) is 0 Å². The predicted molar refractivity (Wildman–Crippen MR) is 64.9 cm³/mol. The average molecular weight is 252 g/mol. The molecule has 1 aliphatic rings. The number of hydrogen-bond donors (Lipinski definition) is 0. The molecular weight excluding hydrogens is 238 g/mol. The van der Waals surface area contributed by atoms with E-state index in [-0.39, 0.29) is 4.32 Å². The van der Waals surface area contributed by atoms with Crippen LogP contribution in [0.5, 0.6) is 0 Å². The van der Waals surface area contributed by atoms with Crippen LogP contribution in [0.2, 0.25) is 0 Å². The Labute approximate surface area is 93.4 Å². The van der Waals surface area contributed by atoms with E-state index in [9.17, 15) is 0 Å². The van der Waals surface area contributed by atoms with Gasteiger partial charge in [-0.15, -0.1) is 0 Å². The van der Waals surface area contributed by atoms with Gasteiger partial charge in [0.15, 0.2) is 0 Å². The second-order valence-electron chi connectivity index (χ2n) is 3.91. The molecule has 2 rings (SSSR count). The fraction of sp³-hybridized carbons (Fsp3) is 0.417. The molecule has 0 aliphatic carbocycles. The molecule has 0 fully saturated rings. The number of benzene rings is 1. The van der Waals surface area contributed by atoms with E-state index in [0.717, 1.165) is 18.5 Å². The van der Waals surface area contributed by atoms with Gasteiger partial charge >= 0.3 is 0 Å². The van der Waals surface area contributed by atoms with Gasteiger partial charge in [-0.2, -0.15) is 0 Å². The topological polar surface area (TPSA) is 12.4 Å². The van der Waals surface area contributed by atoms with E-state index < -0.39 is 0 Å². The Kier molecular flexibility index (Phi) is 2.48. The van der Waals surface area contributed by atoms with Crippen LogP contribution in [-0.2, 0) is 6.42 Å². The summed E-state index contributed by atoms with van der Waals surface area (Å²) in [4.78, 5) is 4.69. The van der Waals surface area contributed by atoms with Gasteiger partial charge in [-0.3, -0.25) is 4.99 Å². The van der Waals surface area contributed by atoms with Crippen LogP contribution in [0.15, 0.2) is 29.3 Å². The number of aliphatic imine (C=N–C) groups is 1. The van der Waals surface area contributed by atoms with Crippen molar-refractivity contribution < 1.29 is 0 Å². The lowest BCUT2D eigenvalue weighted by atomic mass is 9.91. The molecule has 0 saturated carbocycles. The van der Waals surface area contributed by atoms with Crippen molar-refractivity contribution in [2.45, 2.75) is 31.0 Å². The Morgan fingerprint density at radius 2 is 2.14 bits per heavy atom. The lowest BCUT2D eigenvalue weighted by Gasteiger charge is -2.29. The fourth-order valence-corrected chi connectivity index (χ4v) is 2.61. The van der Waals surface area contributed by atoms with Gasteiger partial charge in [0.1, 0.15) is 0 Å². The molecule has 0 spiro atoms. The third-order valence-corrected chi connectivity index (χ3v) is 3.44. The van der Waals surface area contributed by atoms with Crippen molar-refractivity contribution in [1.29, 1.82) is 0 Å². The van der Waals surface area contributed by atoms with E-state index in [1.165, 1.54) is 11.3 Å². The van der Waals surface area contributed by atoms with Crippen LogP contribution in [0.1, 0.15) is 25.8 Å². The first-order valence-corrected chi connectivity index (χ1v) is 5.77. The first-order valence-electron chi connectivity index (χ1n) is 4.98. The third kappa shape index (κ3) is 1.63. The smallest absolute Gasteiger partial charge is 0.0662 e. The zero-order valence-electron chi connectivity index (χ0n) is 8.55. The second kappa shape index (κ2) is 3.50. The third-order valence-electron chi connectivity index (χ3n) is 2.71. The summed E-state index contributed by atoms with van der Waals surface area (Å²) in [7, 11) is 0. The van der Waals surface area contributed by atoms with Gasteiger partial charge in [0.2, 0.25) is 0 Å². The summed E-state index contributed by atoms with van der Waals surface area (Å²) in [6, 6.07) is 8.37. The molecule has 1 heterocycles. The van der Waals surface area contributed by atoms with Crippen molar-refractivity contribution in [2.75, 3.05) is 0 Å². The Hall–Kier alpha value is -0.630. The first kappa shape index (κ1) is 9.91. The first-order chi connectivity index (χ1) is 6.63. The molecule has 1 aliphatic heterocycles. The monoisotopic (exact) mass is 251 g/mol. The summed E-state index contributed by atoms with van der Waals surface area (Å²) in [5.41, 5.74) is 3.72. The van der Waals surface area contributed by atoms with Crippen LogP contribution in [-0.4, -0.2) is 10.0 Å². The Morgan fingerprint density at radius 1 is 1.43 bits per heavy atom. The van der Waals surface area contributed by atoms with Crippen LogP contribution in [0.4, 0.5) is 5.69 Å². The highest BCUT2D eigenvalue weighted by Gasteiger charge is 2.30. The van der Waals surface area contributed by atoms with Gasteiger partial charge in [-0.1, -0.05) is 41.1 Å². The fourth-order valence-electron chi connectivity index (χ4n) is 1.94. The van der Waals surface area contributed by atoms with E-state index in [2.05, 4.69) is 53.0 Å². The van der Waals surface area contributed by atoms with Crippen LogP contribution in [0.3, 0.4) is 0 Å². The molecular formula is C12H14BrN. The minimum atomic E-state index is 0.0517. The number of fused-ring (bicyclic) bond motifs is 1. The summed E-state index contributed by atoms with van der Waals surface area (Å²) < 4.78 is 0.0517. The van der Waals surface area contributed by atoms with Crippen molar-refractivity contribution in [2.24, 2.45) is 4.99 Å². The van der Waals surface area contributed by atoms with E-state index in [1.807, 2.05) is 6.07 Å². The van der Waals surface area contributed by atoms with E-state index in [4.69, 9.17) is 0 Å². The predicted octanol–water partition coefficient (Wildman–Crippen LogP) is 3.88. The number of para-hydroxylation sites is 1. The molecule has 0 saturated heterocycles. The van der Waals surface area contributed by atoms with Gasteiger partial charge in [0, 0.05) is 5.71 Å². The summed E-state index contributed by atoms with van der Waals surface area (Å²) in [5, 5.41) is 0. The molecule has 1 nitrogen and oxygen atoms in total. The van der Waals surface area contributed by atoms with Crippen LogP contribution in [0.25, 0.3) is 0 Å². The number of rotatable bonds is 1. The van der Waals surface area contributed by atoms with Crippen molar-refractivity contribution in [3.8, 4) is 0 Å². The van der Waals surface area contributed by atoms with E-state index >= 15 is 0 Å². The number of nitrogens with zero attached hydrogens (tertiary/aromatic N) is 1. The van der Waals surface area contributed by atoms with Gasteiger partial charge in [0.05, 0.1) is 10.0 Å². The second-order valence-corrected chi connectivity index (χ2v) is 5.67. The van der Waals surface area contributed by atoms with Crippen molar-refractivity contribution in [1.82, 2.24) is 0 Å². The lowest BCUT2D eigenvalue weighted by Crippen LogP contribution is -2.32.